The van der Waals surface area contributed by atoms with Crippen molar-refractivity contribution in [2.75, 3.05) is 25.1 Å². The number of benzene rings is 1. The lowest BCUT2D eigenvalue weighted by Crippen LogP contribution is -2.39. The van der Waals surface area contributed by atoms with Crippen molar-refractivity contribution in [3.8, 4) is 0 Å². The molecule has 5 nitrogen and oxygen atoms in total. The summed E-state index contributed by atoms with van der Waals surface area (Å²) >= 11 is 1.40. The molecule has 0 aromatic heterocycles. The van der Waals surface area contributed by atoms with Crippen molar-refractivity contribution in [3.63, 3.8) is 0 Å². The van der Waals surface area contributed by atoms with E-state index in [1.165, 1.54) is 16.7 Å². The van der Waals surface area contributed by atoms with Crippen LogP contribution in [0.1, 0.15) is 18.4 Å². The highest BCUT2D eigenvalue weighted by Crippen LogP contribution is 2.25. The number of nitrogens with one attached hydrogen (secondary N) is 1. The summed E-state index contributed by atoms with van der Waals surface area (Å²) < 4.78 is 0. The second-order valence-electron chi connectivity index (χ2n) is 5.42. The molecule has 1 aliphatic carbocycles. The summed E-state index contributed by atoms with van der Waals surface area (Å²) in [5.74, 6) is 0.111. The van der Waals surface area contributed by atoms with Crippen molar-refractivity contribution in [2.24, 2.45) is 0 Å². The Labute approximate surface area is 129 Å². The summed E-state index contributed by atoms with van der Waals surface area (Å²) in [6.07, 6.45) is 2.10. The third-order valence-electron chi connectivity index (χ3n) is 3.27. The van der Waals surface area contributed by atoms with Gasteiger partial charge in [0.1, 0.15) is 0 Å². The number of nitrogens with zero attached hydrogens (tertiary/aromatic N) is 1. The average molecular weight is 307 g/mol. The molecule has 2 amide bonds. The zero-order valence-electron chi connectivity index (χ0n) is 12.4. The van der Waals surface area contributed by atoms with Gasteiger partial charge in [-0.25, -0.2) is 0 Å². The van der Waals surface area contributed by atoms with Gasteiger partial charge in [0.15, 0.2) is 0 Å². The molecular weight excluding hydrogens is 286 g/mol. The molecule has 3 N–H and O–H groups in total. The molecule has 1 aliphatic rings. The molecular formula is C15H21N3O2S. The molecule has 0 aliphatic heterocycles. The van der Waals surface area contributed by atoms with Crippen LogP contribution in [0, 0.1) is 6.92 Å². The fourth-order valence-corrected chi connectivity index (χ4v) is 2.74. The number of thioether (sulfide) groups is 1. The highest BCUT2D eigenvalue weighted by molar-refractivity contribution is 8.00. The first-order chi connectivity index (χ1) is 9.95. The fourth-order valence-electron chi connectivity index (χ4n) is 1.85. The summed E-state index contributed by atoms with van der Waals surface area (Å²) in [6, 6.07) is 6.10. The van der Waals surface area contributed by atoms with Gasteiger partial charge in [0, 0.05) is 23.7 Å². The molecule has 1 saturated carbocycles. The van der Waals surface area contributed by atoms with E-state index in [0.29, 0.717) is 11.7 Å². The molecule has 0 radical (unpaired) electrons. The second kappa shape index (κ2) is 6.85. The quantitative estimate of drug-likeness (QED) is 0.615. The Bertz CT molecular complexity index is 544. The maximum atomic E-state index is 12.0. The van der Waals surface area contributed by atoms with Gasteiger partial charge < -0.3 is 16.0 Å². The van der Waals surface area contributed by atoms with E-state index in [9.17, 15) is 9.59 Å². The van der Waals surface area contributed by atoms with Crippen molar-refractivity contribution in [1.29, 1.82) is 0 Å². The van der Waals surface area contributed by atoms with Crippen LogP contribution in [0.5, 0.6) is 0 Å². The zero-order valence-corrected chi connectivity index (χ0v) is 13.2. The first-order valence-corrected chi connectivity index (χ1v) is 7.96. The lowest BCUT2D eigenvalue weighted by atomic mass is 10.2. The maximum absolute atomic E-state index is 12.0. The number of aryl methyl sites for hydroxylation is 1. The predicted octanol–water partition coefficient (Wildman–Crippen LogP) is 1.41. The minimum atomic E-state index is -0.0896. The number of carbonyl (C=O) groups is 2. The van der Waals surface area contributed by atoms with E-state index in [4.69, 9.17) is 5.73 Å². The molecule has 0 spiro atoms. The Kier molecular flexibility index (Phi) is 5.12. The number of anilines is 1. The normalized spacial score (nSPS) is 13.8. The second-order valence-corrected chi connectivity index (χ2v) is 6.44. The van der Waals surface area contributed by atoms with Gasteiger partial charge in [-0.1, -0.05) is 6.07 Å². The Morgan fingerprint density at radius 1 is 1.43 bits per heavy atom. The van der Waals surface area contributed by atoms with E-state index in [2.05, 4.69) is 5.32 Å². The number of nitrogens with two attached hydrogens (primary N) is 1. The molecule has 114 valence electrons. The smallest absolute Gasteiger partial charge is 0.239 e. The van der Waals surface area contributed by atoms with Gasteiger partial charge >= 0.3 is 0 Å². The van der Waals surface area contributed by atoms with Crippen LogP contribution in [0.15, 0.2) is 23.1 Å². The number of nitrogen functional groups attached to an aromatic ring is 1. The number of likely N-dealkylation sites (N-methyl/N-ethyl adjacent to an activating group) is 1. The lowest BCUT2D eigenvalue weighted by Gasteiger charge is -2.16. The predicted molar refractivity (Wildman–Crippen MR) is 85.1 cm³/mol. The Morgan fingerprint density at radius 3 is 2.76 bits per heavy atom. The van der Waals surface area contributed by atoms with E-state index in [1.54, 1.807) is 7.05 Å². The molecule has 1 aromatic rings. The molecule has 2 rings (SSSR count). The van der Waals surface area contributed by atoms with Gasteiger partial charge in [-0.15, -0.1) is 11.8 Å². The lowest BCUT2D eigenvalue weighted by molar-refractivity contribution is -0.132. The van der Waals surface area contributed by atoms with Crippen molar-refractivity contribution in [2.45, 2.75) is 30.7 Å². The van der Waals surface area contributed by atoms with Gasteiger partial charge in [0.25, 0.3) is 0 Å². The van der Waals surface area contributed by atoms with Crippen LogP contribution in [0.2, 0.25) is 0 Å². The highest BCUT2D eigenvalue weighted by atomic mass is 32.2. The number of hydrogen-bond acceptors (Lipinski definition) is 4. The minimum Gasteiger partial charge on any atom is -0.398 e. The van der Waals surface area contributed by atoms with Crippen LogP contribution in [-0.4, -0.2) is 42.1 Å². The van der Waals surface area contributed by atoms with Gasteiger partial charge in [0.2, 0.25) is 11.8 Å². The zero-order chi connectivity index (χ0) is 15.4. The van der Waals surface area contributed by atoms with Gasteiger partial charge in [0.05, 0.1) is 12.3 Å². The molecule has 0 unspecified atom stereocenters. The van der Waals surface area contributed by atoms with Crippen molar-refractivity contribution in [1.82, 2.24) is 10.2 Å². The molecule has 1 fully saturated rings. The van der Waals surface area contributed by atoms with Gasteiger partial charge in [-0.3, -0.25) is 9.59 Å². The van der Waals surface area contributed by atoms with Crippen LogP contribution in [0.4, 0.5) is 5.69 Å². The molecule has 0 heterocycles. The molecule has 0 bridgehead atoms. The van der Waals surface area contributed by atoms with Crippen LogP contribution in [0.3, 0.4) is 0 Å². The summed E-state index contributed by atoms with van der Waals surface area (Å²) in [5, 5.41) is 2.87. The summed E-state index contributed by atoms with van der Waals surface area (Å²) in [5.41, 5.74) is 7.69. The molecule has 21 heavy (non-hydrogen) atoms. The van der Waals surface area contributed by atoms with E-state index >= 15 is 0 Å². The van der Waals surface area contributed by atoms with Gasteiger partial charge in [-0.2, -0.15) is 0 Å². The van der Waals surface area contributed by atoms with Crippen LogP contribution >= 0.6 is 11.8 Å². The third kappa shape index (κ3) is 4.97. The minimum absolute atomic E-state index is 0.0779. The molecule has 1 aromatic carbocycles. The topological polar surface area (TPSA) is 75.4 Å². The van der Waals surface area contributed by atoms with E-state index in [-0.39, 0.29) is 24.1 Å². The standard InChI is InChI=1S/C15H21N3O2S/c1-10-3-6-13(12(16)7-10)21-9-15(20)18(2)8-14(19)17-11-4-5-11/h3,6-7,11H,4-5,8-9,16H2,1-2H3,(H,17,19). The Hall–Kier alpha value is -1.69. The SMILES string of the molecule is Cc1ccc(SCC(=O)N(C)CC(=O)NC2CC2)c(N)c1. The summed E-state index contributed by atoms with van der Waals surface area (Å²) in [4.78, 5) is 26.0. The van der Waals surface area contributed by atoms with Gasteiger partial charge in [-0.05, 0) is 37.5 Å². The first-order valence-electron chi connectivity index (χ1n) is 6.98. The van der Waals surface area contributed by atoms with Crippen molar-refractivity contribution < 1.29 is 9.59 Å². The summed E-state index contributed by atoms with van der Waals surface area (Å²) in [6.45, 7) is 2.08. The molecule has 6 heteroatoms. The number of rotatable bonds is 6. The van der Waals surface area contributed by atoms with Crippen LogP contribution in [-0.2, 0) is 9.59 Å². The largest absolute Gasteiger partial charge is 0.398 e. The van der Waals surface area contributed by atoms with E-state index in [1.807, 2.05) is 25.1 Å². The Morgan fingerprint density at radius 2 is 2.14 bits per heavy atom. The fraction of sp³-hybridized carbons (Fsp3) is 0.467. The maximum Gasteiger partial charge on any atom is 0.239 e. The van der Waals surface area contributed by atoms with Crippen LogP contribution < -0.4 is 11.1 Å². The monoisotopic (exact) mass is 307 g/mol. The summed E-state index contributed by atoms with van der Waals surface area (Å²) in [7, 11) is 1.65. The van der Waals surface area contributed by atoms with Crippen molar-refractivity contribution in [3.05, 3.63) is 23.8 Å². The number of carbonyl (C=O) groups excluding carboxylic acids is 2. The number of amides is 2. The van der Waals surface area contributed by atoms with E-state index in [0.717, 1.165) is 23.3 Å². The highest BCUT2D eigenvalue weighted by Gasteiger charge is 2.24. The van der Waals surface area contributed by atoms with Crippen molar-refractivity contribution >= 4 is 29.3 Å². The average Bonchev–Trinajstić information content (AvgIpc) is 3.21. The third-order valence-corrected chi connectivity index (χ3v) is 4.34. The van der Waals surface area contributed by atoms with E-state index < -0.39 is 0 Å². The molecule has 0 atom stereocenters. The first kappa shape index (κ1) is 15.7. The van der Waals surface area contributed by atoms with Crippen LogP contribution in [0.25, 0.3) is 0 Å². The molecule has 0 saturated heterocycles. The Balaban J connectivity index is 1.78. The number of hydrogen-bond donors (Lipinski definition) is 2.